The van der Waals surface area contributed by atoms with Crippen LogP contribution in [0.3, 0.4) is 0 Å². The van der Waals surface area contributed by atoms with E-state index in [-0.39, 0.29) is 46.6 Å². The number of phenolic OH excluding ortho intramolecular Hbond substituents is 1. The minimum Gasteiger partial charge on any atom is -0.545 e. The van der Waals surface area contributed by atoms with Gasteiger partial charge in [-0.25, -0.2) is 0 Å². The number of carboxylic acids is 1. The van der Waals surface area contributed by atoms with E-state index in [9.17, 15) is 15.0 Å². The first-order chi connectivity index (χ1) is 10.7. The second-order valence-electron chi connectivity index (χ2n) is 4.51. The maximum Gasteiger partial charge on any atom is 1.00 e. The third-order valence-corrected chi connectivity index (χ3v) is 3.11. The van der Waals surface area contributed by atoms with Crippen molar-refractivity contribution in [3.8, 4) is 5.75 Å². The van der Waals surface area contributed by atoms with Crippen molar-refractivity contribution in [2.75, 3.05) is 0 Å². The van der Waals surface area contributed by atoms with Crippen molar-refractivity contribution in [3.05, 3.63) is 60.3 Å². The Hall–Kier alpha value is -2.28. The number of phenols is 1. The summed E-state index contributed by atoms with van der Waals surface area (Å²) >= 11 is 0. The van der Waals surface area contributed by atoms with Crippen LogP contribution in [0.2, 0.25) is 0 Å². The van der Waals surface area contributed by atoms with E-state index in [0.29, 0.717) is 16.6 Å². The number of benzene rings is 2. The minimum atomic E-state index is -1.31. The van der Waals surface area contributed by atoms with Crippen molar-refractivity contribution in [2.24, 2.45) is 10.2 Å². The summed E-state index contributed by atoms with van der Waals surface area (Å²) in [7, 11) is 0. The maximum absolute atomic E-state index is 11.0. The van der Waals surface area contributed by atoms with E-state index in [1.807, 2.05) is 0 Å². The van der Waals surface area contributed by atoms with Gasteiger partial charge in [-0.05, 0) is 30.3 Å². The number of aromatic nitrogens is 1. The van der Waals surface area contributed by atoms with E-state index in [2.05, 4.69) is 15.2 Å². The van der Waals surface area contributed by atoms with Crippen molar-refractivity contribution in [3.63, 3.8) is 0 Å². The number of aromatic hydroxyl groups is 1. The van der Waals surface area contributed by atoms with Crippen molar-refractivity contribution < 1.29 is 44.6 Å². The Kier molecular flexibility index (Phi) is 5.44. The standard InChI is InChI=1S/C16H11N3O3.Na/c20-14-8-7-13(10-5-3-9-17-15(10)14)19-18-12-6-2-1-4-11(12)16(21)22;/h1-9,20H,(H,21,22);/q;+1/p-1. The van der Waals surface area contributed by atoms with Gasteiger partial charge in [-0.15, -0.1) is 10.2 Å². The average Bonchev–Trinajstić information content (AvgIpc) is 2.55. The third kappa shape index (κ3) is 3.56. The number of carbonyl (C=O) groups is 1. The molecule has 0 saturated heterocycles. The number of fused-ring (bicyclic) bond motifs is 1. The number of nitrogens with zero attached hydrogens (tertiary/aromatic N) is 3. The van der Waals surface area contributed by atoms with E-state index in [0.717, 1.165) is 0 Å². The zero-order valence-corrected chi connectivity index (χ0v) is 14.3. The zero-order chi connectivity index (χ0) is 15.5. The first-order valence-corrected chi connectivity index (χ1v) is 6.45. The van der Waals surface area contributed by atoms with Crippen LogP contribution >= 0.6 is 0 Å². The van der Waals surface area contributed by atoms with Crippen LogP contribution in [0.1, 0.15) is 10.4 Å². The second-order valence-corrected chi connectivity index (χ2v) is 4.51. The molecule has 1 aromatic heterocycles. The molecule has 3 rings (SSSR count). The van der Waals surface area contributed by atoms with Crippen molar-refractivity contribution in [1.29, 1.82) is 0 Å². The van der Waals surface area contributed by atoms with Gasteiger partial charge < -0.3 is 15.0 Å². The molecule has 23 heavy (non-hydrogen) atoms. The Morgan fingerprint density at radius 2 is 1.74 bits per heavy atom. The molecule has 7 heteroatoms. The predicted octanol–water partition coefficient (Wildman–Crippen LogP) is -0.277. The molecule has 0 atom stereocenters. The Morgan fingerprint density at radius 3 is 2.52 bits per heavy atom. The van der Waals surface area contributed by atoms with Crippen LogP contribution < -0.4 is 34.7 Å². The largest absolute Gasteiger partial charge is 1.00 e. The number of hydrogen-bond donors (Lipinski definition) is 1. The van der Waals surface area contributed by atoms with Gasteiger partial charge in [0.2, 0.25) is 0 Å². The fourth-order valence-corrected chi connectivity index (χ4v) is 2.07. The molecule has 2 aromatic carbocycles. The number of carbonyl (C=O) groups excluding carboxylic acids is 1. The number of aromatic carboxylic acids is 1. The Morgan fingerprint density at radius 1 is 1.00 bits per heavy atom. The second kappa shape index (κ2) is 7.32. The summed E-state index contributed by atoms with van der Waals surface area (Å²) in [6.45, 7) is 0. The van der Waals surface area contributed by atoms with E-state index < -0.39 is 5.97 Å². The topological polar surface area (TPSA) is 98.0 Å². The summed E-state index contributed by atoms with van der Waals surface area (Å²) in [5, 5.41) is 29.5. The first-order valence-electron chi connectivity index (χ1n) is 6.45. The quantitative estimate of drug-likeness (QED) is 0.531. The fourth-order valence-electron chi connectivity index (χ4n) is 2.07. The summed E-state index contributed by atoms with van der Waals surface area (Å²) in [5.41, 5.74) is 1.06. The molecule has 0 unspecified atom stereocenters. The van der Waals surface area contributed by atoms with Gasteiger partial charge in [0.1, 0.15) is 11.3 Å². The van der Waals surface area contributed by atoms with Gasteiger partial charge in [-0.2, -0.15) is 0 Å². The predicted molar refractivity (Wildman–Crippen MR) is 78.4 cm³/mol. The van der Waals surface area contributed by atoms with E-state index in [4.69, 9.17) is 0 Å². The molecule has 0 aliphatic carbocycles. The molecule has 1 heterocycles. The Balaban J connectivity index is 0.00000192. The van der Waals surface area contributed by atoms with Gasteiger partial charge in [0.25, 0.3) is 0 Å². The molecule has 108 valence electrons. The molecule has 0 radical (unpaired) electrons. The van der Waals surface area contributed by atoms with Crippen molar-refractivity contribution in [1.82, 2.24) is 4.98 Å². The van der Waals surface area contributed by atoms with E-state index in [1.165, 1.54) is 18.2 Å². The molecule has 0 fully saturated rings. The van der Waals surface area contributed by atoms with Crippen LogP contribution in [-0.4, -0.2) is 16.1 Å². The number of carboxylic acid groups (broad SMARTS) is 1. The van der Waals surface area contributed by atoms with Crippen LogP contribution in [0.5, 0.6) is 5.75 Å². The molecular weight excluding hydrogens is 305 g/mol. The fraction of sp³-hybridized carbons (Fsp3) is 0. The summed E-state index contributed by atoms with van der Waals surface area (Å²) in [6.07, 6.45) is 1.56. The number of pyridine rings is 1. The molecule has 1 N–H and O–H groups in total. The van der Waals surface area contributed by atoms with Crippen LogP contribution in [-0.2, 0) is 0 Å². The molecule has 0 aliphatic rings. The average molecular weight is 315 g/mol. The summed E-state index contributed by atoms with van der Waals surface area (Å²) in [5.74, 6) is -1.27. The van der Waals surface area contributed by atoms with Gasteiger partial charge in [0, 0.05) is 17.1 Å². The maximum atomic E-state index is 11.0. The van der Waals surface area contributed by atoms with Gasteiger partial charge in [0.05, 0.1) is 17.3 Å². The number of rotatable bonds is 3. The normalized spacial score (nSPS) is 10.6. The number of hydrogen-bond acceptors (Lipinski definition) is 6. The molecule has 0 bridgehead atoms. The summed E-state index contributed by atoms with van der Waals surface area (Å²) < 4.78 is 0. The van der Waals surface area contributed by atoms with Crippen LogP contribution in [0, 0.1) is 0 Å². The first kappa shape index (κ1) is 17.1. The van der Waals surface area contributed by atoms with Crippen LogP contribution in [0.15, 0.2) is 65.0 Å². The molecule has 0 aliphatic heterocycles. The third-order valence-electron chi connectivity index (χ3n) is 3.11. The molecule has 0 amide bonds. The van der Waals surface area contributed by atoms with Crippen molar-refractivity contribution >= 4 is 28.2 Å². The van der Waals surface area contributed by atoms with Crippen molar-refractivity contribution in [2.45, 2.75) is 0 Å². The van der Waals surface area contributed by atoms with Gasteiger partial charge in [-0.1, -0.05) is 18.2 Å². The minimum absolute atomic E-state index is 0. The smallest absolute Gasteiger partial charge is 0.545 e. The van der Waals surface area contributed by atoms with E-state index >= 15 is 0 Å². The van der Waals surface area contributed by atoms with Gasteiger partial charge in [-0.3, -0.25) is 4.98 Å². The molecular formula is C16H10N3NaO3. The van der Waals surface area contributed by atoms with Gasteiger partial charge in [0.15, 0.2) is 0 Å². The SMILES string of the molecule is O=C([O-])c1ccccc1N=Nc1ccc(O)c2ncccc12.[Na+]. The molecule has 6 nitrogen and oxygen atoms in total. The van der Waals surface area contributed by atoms with Gasteiger partial charge >= 0.3 is 29.6 Å². The van der Waals surface area contributed by atoms with E-state index in [1.54, 1.807) is 36.5 Å². The number of azo groups is 1. The molecule has 3 aromatic rings. The van der Waals surface area contributed by atoms with Crippen LogP contribution in [0.4, 0.5) is 11.4 Å². The monoisotopic (exact) mass is 315 g/mol. The zero-order valence-electron chi connectivity index (χ0n) is 12.3. The Labute approximate surface area is 153 Å². The molecule has 0 spiro atoms. The Bertz CT molecular complexity index is 897. The summed E-state index contributed by atoms with van der Waals surface area (Å²) in [4.78, 5) is 15.1. The van der Waals surface area contributed by atoms with Crippen LogP contribution in [0.25, 0.3) is 10.9 Å². The summed E-state index contributed by atoms with van der Waals surface area (Å²) in [6, 6.07) is 12.7. The molecule has 0 saturated carbocycles.